The van der Waals surface area contributed by atoms with E-state index in [1.165, 1.54) is 4.88 Å². The van der Waals surface area contributed by atoms with Gasteiger partial charge >= 0.3 is 0 Å². The van der Waals surface area contributed by atoms with Gasteiger partial charge in [-0.1, -0.05) is 48.0 Å². The van der Waals surface area contributed by atoms with E-state index in [2.05, 4.69) is 35.0 Å². The van der Waals surface area contributed by atoms with Crippen molar-refractivity contribution in [2.45, 2.75) is 19.7 Å². The molecule has 1 N–H and O–H groups in total. The Bertz CT molecular complexity index is 732. The minimum Gasteiger partial charge on any atom is -0.489 e. The molecule has 0 atom stereocenters. The molecule has 1 aromatic heterocycles. The summed E-state index contributed by atoms with van der Waals surface area (Å²) >= 11 is 7.88. The van der Waals surface area contributed by atoms with Crippen molar-refractivity contribution in [2.24, 2.45) is 0 Å². The van der Waals surface area contributed by atoms with E-state index < -0.39 is 0 Å². The van der Waals surface area contributed by atoms with Gasteiger partial charge in [0.15, 0.2) is 0 Å². The van der Waals surface area contributed by atoms with Crippen molar-refractivity contribution in [3.8, 4) is 5.75 Å². The van der Waals surface area contributed by atoms with Crippen molar-refractivity contribution >= 4 is 35.3 Å². The van der Waals surface area contributed by atoms with Crippen LogP contribution in [0.5, 0.6) is 5.75 Å². The lowest BCUT2D eigenvalue weighted by atomic mass is 10.2. The van der Waals surface area contributed by atoms with Crippen LogP contribution in [0, 0.1) is 0 Å². The topological polar surface area (TPSA) is 21.3 Å². The molecular weight excluding hydrogens is 361 g/mol. The van der Waals surface area contributed by atoms with E-state index in [4.69, 9.17) is 16.3 Å². The third-order valence-electron chi connectivity index (χ3n) is 3.45. The number of ether oxygens (including phenoxy) is 1. The Morgan fingerprint density at radius 3 is 2.54 bits per heavy atom. The van der Waals surface area contributed by atoms with E-state index >= 15 is 0 Å². The van der Waals surface area contributed by atoms with Gasteiger partial charge in [0.2, 0.25) is 0 Å². The average molecular weight is 380 g/mol. The van der Waals surface area contributed by atoms with Crippen LogP contribution in [0.1, 0.15) is 16.0 Å². The summed E-state index contributed by atoms with van der Waals surface area (Å²) in [5, 5.41) is 6.26. The molecule has 5 heteroatoms. The van der Waals surface area contributed by atoms with Crippen molar-refractivity contribution < 1.29 is 4.74 Å². The summed E-state index contributed by atoms with van der Waals surface area (Å²) in [5.74, 6) is 0.872. The van der Waals surface area contributed by atoms with Gasteiger partial charge in [-0.15, -0.1) is 23.7 Å². The van der Waals surface area contributed by atoms with Gasteiger partial charge < -0.3 is 10.1 Å². The van der Waals surface area contributed by atoms with E-state index in [0.29, 0.717) is 6.61 Å². The lowest BCUT2D eigenvalue weighted by molar-refractivity contribution is 0.302. The molecule has 0 radical (unpaired) electrons. The second-order valence-electron chi connectivity index (χ2n) is 5.21. The Morgan fingerprint density at radius 1 is 0.958 bits per heavy atom. The van der Waals surface area contributed by atoms with Gasteiger partial charge in [-0.3, -0.25) is 0 Å². The van der Waals surface area contributed by atoms with Gasteiger partial charge in [0, 0.05) is 28.6 Å². The fourth-order valence-corrected chi connectivity index (χ4v) is 3.16. The first-order valence-corrected chi connectivity index (χ1v) is 8.75. The van der Waals surface area contributed by atoms with Gasteiger partial charge in [-0.05, 0) is 35.2 Å². The van der Waals surface area contributed by atoms with Crippen LogP contribution < -0.4 is 10.1 Å². The Labute approximate surface area is 157 Å². The van der Waals surface area contributed by atoms with Crippen LogP contribution in [-0.2, 0) is 19.7 Å². The fourth-order valence-electron chi connectivity index (χ4n) is 2.30. The molecule has 0 saturated heterocycles. The minimum atomic E-state index is 0. The summed E-state index contributed by atoms with van der Waals surface area (Å²) in [5.41, 5.74) is 2.23. The molecule has 3 aromatic rings. The van der Waals surface area contributed by atoms with Gasteiger partial charge in [-0.2, -0.15) is 0 Å². The molecule has 0 saturated carbocycles. The molecule has 1 heterocycles. The first-order valence-electron chi connectivity index (χ1n) is 7.49. The number of nitrogens with one attached hydrogen (secondary N) is 1. The van der Waals surface area contributed by atoms with Crippen molar-refractivity contribution in [1.82, 2.24) is 5.32 Å². The Balaban J connectivity index is 0.00000208. The summed E-state index contributed by atoms with van der Waals surface area (Å²) in [6.45, 7) is 2.13. The van der Waals surface area contributed by atoms with E-state index in [-0.39, 0.29) is 12.4 Å². The highest BCUT2D eigenvalue weighted by Crippen LogP contribution is 2.24. The van der Waals surface area contributed by atoms with Gasteiger partial charge in [0.25, 0.3) is 0 Å². The molecule has 0 aliphatic rings. The summed E-state index contributed by atoms with van der Waals surface area (Å²) in [7, 11) is 0. The van der Waals surface area contributed by atoms with Crippen LogP contribution in [0.2, 0.25) is 5.02 Å². The highest BCUT2D eigenvalue weighted by atomic mass is 35.5. The molecule has 126 valence electrons. The largest absolute Gasteiger partial charge is 0.489 e. The standard InChI is InChI=1S/C19H18ClNOS.ClH/c20-17-8-9-19(22-14-15-5-2-1-3-6-15)16(11-17)12-21-13-18-7-4-10-23-18;/h1-11,21H,12-14H2;1H. The van der Waals surface area contributed by atoms with E-state index in [1.807, 2.05) is 36.4 Å². The molecule has 24 heavy (non-hydrogen) atoms. The maximum absolute atomic E-state index is 6.13. The molecule has 3 rings (SSSR count). The van der Waals surface area contributed by atoms with Gasteiger partial charge in [0.05, 0.1) is 0 Å². The third-order valence-corrected chi connectivity index (χ3v) is 4.57. The van der Waals surface area contributed by atoms with Crippen LogP contribution in [0.25, 0.3) is 0 Å². The first kappa shape index (κ1) is 18.8. The highest BCUT2D eigenvalue weighted by Gasteiger charge is 2.06. The smallest absolute Gasteiger partial charge is 0.124 e. The van der Waals surface area contributed by atoms with Crippen molar-refractivity contribution in [3.05, 3.63) is 87.1 Å². The van der Waals surface area contributed by atoms with Crippen LogP contribution >= 0.6 is 35.3 Å². The lowest BCUT2D eigenvalue weighted by Gasteiger charge is -2.13. The molecule has 0 aliphatic heterocycles. The molecule has 0 unspecified atom stereocenters. The summed E-state index contributed by atoms with van der Waals surface area (Å²) in [6.07, 6.45) is 0. The maximum atomic E-state index is 6.13. The van der Waals surface area contributed by atoms with E-state index in [1.54, 1.807) is 11.3 Å². The number of hydrogen-bond acceptors (Lipinski definition) is 3. The second kappa shape index (κ2) is 9.70. The van der Waals surface area contributed by atoms with Crippen molar-refractivity contribution in [2.75, 3.05) is 0 Å². The SMILES string of the molecule is Cl.Clc1ccc(OCc2ccccc2)c(CNCc2cccs2)c1. The van der Waals surface area contributed by atoms with E-state index in [0.717, 1.165) is 35.0 Å². The van der Waals surface area contributed by atoms with Crippen LogP contribution in [0.15, 0.2) is 66.0 Å². The predicted octanol–water partition coefficient (Wildman–Crippen LogP) is 5.69. The van der Waals surface area contributed by atoms with Crippen molar-refractivity contribution in [1.29, 1.82) is 0 Å². The molecule has 0 bridgehead atoms. The number of hydrogen-bond donors (Lipinski definition) is 1. The molecule has 0 amide bonds. The minimum absolute atomic E-state index is 0. The molecule has 0 spiro atoms. The number of halogens is 2. The highest BCUT2D eigenvalue weighted by molar-refractivity contribution is 7.09. The first-order chi connectivity index (χ1) is 11.3. The molecule has 0 aliphatic carbocycles. The second-order valence-corrected chi connectivity index (χ2v) is 6.68. The fraction of sp³-hybridized carbons (Fsp3) is 0.158. The Morgan fingerprint density at radius 2 is 1.79 bits per heavy atom. The quantitative estimate of drug-likeness (QED) is 0.568. The Kier molecular flexibility index (Phi) is 7.60. The molecule has 0 fully saturated rings. The zero-order chi connectivity index (χ0) is 15.9. The Hall–Kier alpha value is -1.52. The summed E-state index contributed by atoms with van der Waals surface area (Å²) in [4.78, 5) is 1.32. The molecule has 2 aromatic carbocycles. The molecule has 2 nitrogen and oxygen atoms in total. The number of thiophene rings is 1. The summed E-state index contributed by atoms with van der Waals surface area (Å²) in [6, 6.07) is 20.1. The average Bonchev–Trinajstić information content (AvgIpc) is 3.08. The third kappa shape index (κ3) is 5.53. The number of rotatable bonds is 7. The zero-order valence-electron chi connectivity index (χ0n) is 13.1. The van der Waals surface area contributed by atoms with Gasteiger partial charge in [0.1, 0.15) is 12.4 Å². The summed E-state index contributed by atoms with van der Waals surface area (Å²) < 4.78 is 5.97. The normalized spacial score (nSPS) is 10.2. The predicted molar refractivity (Wildman–Crippen MR) is 104 cm³/mol. The maximum Gasteiger partial charge on any atom is 0.124 e. The van der Waals surface area contributed by atoms with Crippen LogP contribution in [0.4, 0.5) is 0 Å². The van der Waals surface area contributed by atoms with Gasteiger partial charge in [-0.25, -0.2) is 0 Å². The van der Waals surface area contributed by atoms with Crippen LogP contribution in [-0.4, -0.2) is 0 Å². The zero-order valence-corrected chi connectivity index (χ0v) is 15.5. The van der Waals surface area contributed by atoms with Crippen molar-refractivity contribution in [3.63, 3.8) is 0 Å². The monoisotopic (exact) mass is 379 g/mol. The lowest BCUT2D eigenvalue weighted by Crippen LogP contribution is -2.13. The van der Waals surface area contributed by atoms with E-state index in [9.17, 15) is 0 Å². The van der Waals surface area contributed by atoms with Crippen LogP contribution in [0.3, 0.4) is 0 Å². The molecular formula is C19H19Cl2NOS. The number of benzene rings is 2.